The normalized spacial score (nSPS) is 11.9. The van der Waals surface area contributed by atoms with Gasteiger partial charge in [0.15, 0.2) is 6.10 Å². The van der Waals surface area contributed by atoms with Crippen molar-refractivity contribution in [2.75, 3.05) is 5.32 Å². The lowest BCUT2D eigenvalue weighted by Crippen LogP contribution is -2.30. The van der Waals surface area contributed by atoms with Crippen LogP contribution in [0, 0.1) is 27.7 Å². The minimum Gasteiger partial charge on any atom is -0.481 e. The molecule has 0 aromatic heterocycles. The van der Waals surface area contributed by atoms with Gasteiger partial charge in [-0.15, -0.1) is 0 Å². The summed E-state index contributed by atoms with van der Waals surface area (Å²) in [6.45, 7) is 9.77. The van der Waals surface area contributed by atoms with Gasteiger partial charge in [0.25, 0.3) is 5.91 Å². The van der Waals surface area contributed by atoms with Crippen LogP contribution in [0.5, 0.6) is 5.75 Å². The summed E-state index contributed by atoms with van der Waals surface area (Å²) in [4.78, 5) is 12.3. The number of anilines is 1. The van der Waals surface area contributed by atoms with Crippen LogP contribution in [0.15, 0.2) is 36.4 Å². The summed E-state index contributed by atoms with van der Waals surface area (Å²) in [5, 5.41) is 2.94. The molecule has 0 aliphatic carbocycles. The Kier molecular flexibility index (Phi) is 4.86. The molecule has 0 saturated carbocycles. The monoisotopic (exact) mass is 297 g/mol. The average Bonchev–Trinajstić information content (AvgIpc) is 2.41. The topological polar surface area (TPSA) is 38.3 Å². The number of carbonyl (C=O) groups excluding carboxylic acids is 1. The molecule has 2 aromatic rings. The van der Waals surface area contributed by atoms with Gasteiger partial charge in [-0.25, -0.2) is 0 Å². The minimum atomic E-state index is -0.555. The van der Waals surface area contributed by atoms with Gasteiger partial charge < -0.3 is 10.1 Å². The summed E-state index contributed by atoms with van der Waals surface area (Å²) in [6.07, 6.45) is -0.555. The van der Waals surface area contributed by atoms with E-state index in [1.807, 2.05) is 58.0 Å². The molecule has 3 nitrogen and oxygen atoms in total. The highest BCUT2D eigenvalue weighted by molar-refractivity contribution is 5.94. The van der Waals surface area contributed by atoms with Crippen molar-refractivity contribution in [3.8, 4) is 5.75 Å². The van der Waals surface area contributed by atoms with Crippen molar-refractivity contribution in [1.82, 2.24) is 0 Å². The Morgan fingerprint density at radius 3 is 2.23 bits per heavy atom. The second kappa shape index (κ2) is 6.65. The number of aryl methyl sites for hydroxylation is 4. The molecule has 0 radical (unpaired) electrons. The van der Waals surface area contributed by atoms with Crippen LogP contribution in [0.3, 0.4) is 0 Å². The van der Waals surface area contributed by atoms with Crippen LogP contribution in [0.1, 0.15) is 29.2 Å². The van der Waals surface area contributed by atoms with E-state index in [4.69, 9.17) is 4.74 Å². The molecule has 0 heterocycles. The molecule has 116 valence electrons. The van der Waals surface area contributed by atoms with Crippen LogP contribution in [0.2, 0.25) is 0 Å². The summed E-state index contributed by atoms with van der Waals surface area (Å²) in [7, 11) is 0. The molecule has 2 rings (SSSR count). The fourth-order valence-corrected chi connectivity index (χ4v) is 2.36. The van der Waals surface area contributed by atoms with Gasteiger partial charge >= 0.3 is 0 Å². The SMILES string of the molecule is Cc1cc(C)cc(O[C@@H](C)C(=O)Nc2cc(C)ccc2C)c1. The maximum atomic E-state index is 12.3. The fraction of sp³-hybridized carbons (Fsp3) is 0.316. The third kappa shape index (κ3) is 4.10. The number of nitrogens with one attached hydrogen (secondary N) is 1. The summed E-state index contributed by atoms with van der Waals surface area (Å²) in [5.74, 6) is 0.578. The van der Waals surface area contributed by atoms with Gasteiger partial charge in [-0.05, 0) is 75.1 Å². The van der Waals surface area contributed by atoms with E-state index in [1.54, 1.807) is 6.92 Å². The lowest BCUT2D eigenvalue weighted by molar-refractivity contribution is -0.122. The molecule has 2 aromatic carbocycles. The van der Waals surface area contributed by atoms with E-state index in [0.29, 0.717) is 0 Å². The van der Waals surface area contributed by atoms with Crippen molar-refractivity contribution in [1.29, 1.82) is 0 Å². The molecule has 0 aliphatic heterocycles. The van der Waals surface area contributed by atoms with Gasteiger partial charge in [-0.1, -0.05) is 18.2 Å². The van der Waals surface area contributed by atoms with Gasteiger partial charge in [-0.2, -0.15) is 0 Å². The first kappa shape index (κ1) is 16.1. The number of carbonyl (C=O) groups is 1. The molecule has 0 spiro atoms. The fourth-order valence-electron chi connectivity index (χ4n) is 2.36. The van der Waals surface area contributed by atoms with Crippen LogP contribution < -0.4 is 10.1 Å². The predicted molar refractivity (Wildman–Crippen MR) is 90.6 cm³/mol. The number of benzene rings is 2. The molecule has 0 unspecified atom stereocenters. The Hall–Kier alpha value is -2.29. The van der Waals surface area contributed by atoms with E-state index in [-0.39, 0.29) is 5.91 Å². The molecule has 22 heavy (non-hydrogen) atoms. The summed E-state index contributed by atoms with van der Waals surface area (Å²) in [5.41, 5.74) is 5.23. The molecule has 3 heteroatoms. The standard InChI is InChI=1S/C19H23NO2/c1-12-6-7-15(4)18(11-12)20-19(21)16(5)22-17-9-13(2)8-14(3)10-17/h6-11,16H,1-5H3,(H,20,21)/t16-/m0/s1. The van der Waals surface area contributed by atoms with Crippen LogP contribution in [0.25, 0.3) is 0 Å². The quantitative estimate of drug-likeness (QED) is 0.912. The van der Waals surface area contributed by atoms with Crippen molar-refractivity contribution >= 4 is 11.6 Å². The first-order valence-electron chi connectivity index (χ1n) is 7.48. The lowest BCUT2D eigenvalue weighted by atomic mass is 10.1. The van der Waals surface area contributed by atoms with Crippen LogP contribution in [-0.2, 0) is 4.79 Å². The number of hydrogen-bond acceptors (Lipinski definition) is 2. The Bertz CT molecular complexity index is 672. The van der Waals surface area contributed by atoms with E-state index < -0.39 is 6.10 Å². The smallest absolute Gasteiger partial charge is 0.265 e. The van der Waals surface area contributed by atoms with Crippen molar-refractivity contribution in [3.63, 3.8) is 0 Å². The van der Waals surface area contributed by atoms with Crippen molar-refractivity contribution in [3.05, 3.63) is 58.7 Å². The van der Waals surface area contributed by atoms with Gasteiger partial charge in [0.2, 0.25) is 0 Å². The molecule has 1 atom stereocenters. The van der Waals surface area contributed by atoms with Gasteiger partial charge in [0.05, 0.1) is 0 Å². The van der Waals surface area contributed by atoms with E-state index in [1.165, 1.54) is 0 Å². The Balaban J connectivity index is 2.07. The number of amides is 1. The highest BCUT2D eigenvalue weighted by Gasteiger charge is 2.16. The summed E-state index contributed by atoms with van der Waals surface area (Å²) < 4.78 is 5.77. The molecule has 0 fully saturated rings. The van der Waals surface area contributed by atoms with Crippen molar-refractivity contribution in [2.45, 2.75) is 40.7 Å². The zero-order valence-electron chi connectivity index (χ0n) is 13.9. The summed E-state index contributed by atoms with van der Waals surface area (Å²) in [6, 6.07) is 12.0. The zero-order valence-corrected chi connectivity index (χ0v) is 13.9. The molecule has 1 N–H and O–H groups in total. The number of rotatable bonds is 4. The molecule has 1 amide bonds. The highest BCUT2D eigenvalue weighted by atomic mass is 16.5. The maximum Gasteiger partial charge on any atom is 0.265 e. The first-order valence-corrected chi connectivity index (χ1v) is 7.48. The van der Waals surface area contributed by atoms with Crippen LogP contribution >= 0.6 is 0 Å². The Labute approximate surface area is 132 Å². The maximum absolute atomic E-state index is 12.3. The third-order valence-corrected chi connectivity index (χ3v) is 3.53. The average molecular weight is 297 g/mol. The van der Waals surface area contributed by atoms with Crippen LogP contribution in [0.4, 0.5) is 5.69 Å². The lowest BCUT2D eigenvalue weighted by Gasteiger charge is -2.17. The van der Waals surface area contributed by atoms with E-state index in [0.717, 1.165) is 33.7 Å². The number of hydrogen-bond donors (Lipinski definition) is 1. The summed E-state index contributed by atoms with van der Waals surface area (Å²) >= 11 is 0. The number of ether oxygens (including phenoxy) is 1. The van der Waals surface area contributed by atoms with Crippen molar-refractivity contribution < 1.29 is 9.53 Å². The molecule has 0 bridgehead atoms. The second-order valence-corrected chi connectivity index (χ2v) is 5.89. The van der Waals surface area contributed by atoms with E-state index in [2.05, 4.69) is 11.4 Å². The molecular formula is C19H23NO2. The zero-order chi connectivity index (χ0) is 16.3. The highest BCUT2D eigenvalue weighted by Crippen LogP contribution is 2.19. The molecule has 0 aliphatic rings. The molecular weight excluding hydrogens is 274 g/mol. The first-order chi connectivity index (χ1) is 10.3. The van der Waals surface area contributed by atoms with Crippen LogP contribution in [-0.4, -0.2) is 12.0 Å². The van der Waals surface area contributed by atoms with Gasteiger partial charge in [0.1, 0.15) is 5.75 Å². The predicted octanol–water partition coefficient (Wildman–Crippen LogP) is 4.33. The van der Waals surface area contributed by atoms with E-state index >= 15 is 0 Å². The Morgan fingerprint density at radius 2 is 1.59 bits per heavy atom. The van der Waals surface area contributed by atoms with E-state index in [9.17, 15) is 4.79 Å². The Morgan fingerprint density at radius 1 is 0.955 bits per heavy atom. The molecule has 0 saturated heterocycles. The van der Waals surface area contributed by atoms with Gasteiger partial charge in [-0.3, -0.25) is 4.79 Å². The second-order valence-electron chi connectivity index (χ2n) is 5.89. The van der Waals surface area contributed by atoms with Gasteiger partial charge in [0, 0.05) is 5.69 Å². The van der Waals surface area contributed by atoms with Crippen molar-refractivity contribution in [2.24, 2.45) is 0 Å². The third-order valence-electron chi connectivity index (χ3n) is 3.53. The minimum absolute atomic E-state index is 0.146. The largest absolute Gasteiger partial charge is 0.481 e.